The quantitative estimate of drug-likeness (QED) is 0.347. The Kier molecular flexibility index (Phi) is 8.78. The fourth-order valence-corrected chi connectivity index (χ4v) is 5.17. The molecule has 0 saturated carbocycles. The molecule has 0 bridgehead atoms. The van der Waals surface area contributed by atoms with Gasteiger partial charge in [-0.3, -0.25) is 9.59 Å². The van der Waals surface area contributed by atoms with E-state index in [0.717, 1.165) is 44.1 Å². The normalized spacial score (nSPS) is 13.8. The largest absolute Gasteiger partial charge is 0.507 e. The van der Waals surface area contributed by atoms with Gasteiger partial charge in [-0.2, -0.15) is 18.4 Å². The predicted molar refractivity (Wildman–Crippen MR) is 146 cm³/mol. The summed E-state index contributed by atoms with van der Waals surface area (Å²) < 4.78 is 40.2. The molecule has 0 spiro atoms. The highest BCUT2D eigenvalue weighted by atomic mass is 35.5. The maximum Gasteiger partial charge on any atom is 0.416 e. The number of aromatic amines is 1. The summed E-state index contributed by atoms with van der Waals surface area (Å²) in [4.78, 5) is 31.7. The summed E-state index contributed by atoms with van der Waals surface area (Å²) in [6.07, 6.45) is -2.15. The van der Waals surface area contributed by atoms with E-state index in [4.69, 9.17) is 23.2 Å². The van der Waals surface area contributed by atoms with Crippen LogP contribution in [0.4, 0.5) is 13.2 Å². The molecule has 12 heteroatoms. The van der Waals surface area contributed by atoms with Crippen LogP contribution in [0.3, 0.4) is 0 Å². The molecule has 2 heterocycles. The molecule has 4 rings (SSSR count). The smallest absolute Gasteiger partial charge is 0.416 e. The van der Waals surface area contributed by atoms with Gasteiger partial charge in [-0.25, -0.2) is 0 Å². The summed E-state index contributed by atoms with van der Waals surface area (Å²) in [7, 11) is 1.60. The number of halogens is 5. The number of amides is 1. The van der Waals surface area contributed by atoms with Gasteiger partial charge in [-0.1, -0.05) is 23.2 Å². The monoisotopic (exact) mass is 592 g/mol. The van der Waals surface area contributed by atoms with Crippen LogP contribution in [0.5, 0.6) is 5.75 Å². The van der Waals surface area contributed by atoms with Crippen LogP contribution in [0.1, 0.15) is 36.0 Å². The van der Waals surface area contributed by atoms with Crippen molar-refractivity contribution in [3.8, 4) is 34.2 Å². The maximum atomic E-state index is 13.4. The first-order valence-electron chi connectivity index (χ1n) is 12.4. The number of H-pyrrole nitrogens is 1. The summed E-state index contributed by atoms with van der Waals surface area (Å²) in [5.41, 5.74) is -2.32. The molecular weight excluding hydrogens is 568 g/mol. The fraction of sp³-hybridized carbons (Fsp3) is 0.321. The lowest BCUT2D eigenvalue weighted by molar-refractivity contribution is -0.137. The molecule has 1 saturated heterocycles. The predicted octanol–water partition coefficient (Wildman–Crippen LogP) is 6.06. The summed E-state index contributed by atoms with van der Waals surface area (Å²) in [5, 5.41) is 20.8. The van der Waals surface area contributed by atoms with E-state index in [2.05, 4.69) is 9.88 Å². The number of phenols is 1. The third-order valence-corrected chi connectivity index (χ3v) is 7.39. The van der Waals surface area contributed by atoms with Crippen molar-refractivity contribution in [3.63, 3.8) is 0 Å². The number of alkyl halides is 3. The molecule has 210 valence electrons. The molecule has 1 fully saturated rings. The second-order valence-corrected chi connectivity index (χ2v) is 10.5. The van der Waals surface area contributed by atoms with E-state index in [9.17, 15) is 33.1 Å². The van der Waals surface area contributed by atoms with Crippen molar-refractivity contribution in [1.82, 2.24) is 14.8 Å². The Labute approximate surface area is 238 Å². The number of nitrogens with one attached hydrogen (secondary N) is 1. The van der Waals surface area contributed by atoms with Gasteiger partial charge in [0.05, 0.1) is 11.3 Å². The molecule has 1 amide bonds. The molecule has 1 aliphatic heterocycles. The van der Waals surface area contributed by atoms with E-state index in [1.807, 2.05) is 0 Å². The highest BCUT2D eigenvalue weighted by molar-refractivity contribution is 6.33. The van der Waals surface area contributed by atoms with Gasteiger partial charge < -0.3 is 19.9 Å². The van der Waals surface area contributed by atoms with Crippen molar-refractivity contribution in [2.75, 3.05) is 26.7 Å². The molecule has 0 radical (unpaired) electrons. The van der Waals surface area contributed by atoms with E-state index >= 15 is 0 Å². The highest BCUT2D eigenvalue weighted by Crippen LogP contribution is 2.40. The molecule has 1 aliphatic rings. The molecule has 0 atom stereocenters. The van der Waals surface area contributed by atoms with E-state index in [-0.39, 0.29) is 50.6 Å². The number of carbonyl (C=O) groups is 1. The van der Waals surface area contributed by atoms with Crippen LogP contribution in [0.2, 0.25) is 10.0 Å². The van der Waals surface area contributed by atoms with Crippen LogP contribution in [-0.4, -0.2) is 52.5 Å². The zero-order valence-corrected chi connectivity index (χ0v) is 22.9. The zero-order chi connectivity index (χ0) is 29.2. The van der Waals surface area contributed by atoms with Gasteiger partial charge in [0, 0.05) is 58.9 Å². The van der Waals surface area contributed by atoms with Crippen LogP contribution in [0.25, 0.3) is 22.4 Å². The lowest BCUT2D eigenvalue weighted by Crippen LogP contribution is -2.30. The van der Waals surface area contributed by atoms with Gasteiger partial charge in [-0.05, 0) is 62.3 Å². The highest BCUT2D eigenvalue weighted by Gasteiger charge is 2.31. The number of nitrogens with zero attached hydrogens (tertiary/aromatic N) is 3. The van der Waals surface area contributed by atoms with Crippen molar-refractivity contribution in [2.45, 2.75) is 32.0 Å². The summed E-state index contributed by atoms with van der Waals surface area (Å²) in [5.74, 6) is -0.411. The summed E-state index contributed by atoms with van der Waals surface area (Å²) in [6, 6.07) is 8.42. The van der Waals surface area contributed by atoms with Crippen molar-refractivity contribution < 1.29 is 23.1 Å². The number of likely N-dealkylation sites (tertiary alicyclic amines) is 1. The van der Waals surface area contributed by atoms with Crippen LogP contribution >= 0.6 is 23.2 Å². The number of aromatic nitrogens is 1. The van der Waals surface area contributed by atoms with Crippen LogP contribution in [0.15, 0.2) is 41.2 Å². The summed E-state index contributed by atoms with van der Waals surface area (Å²) in [6.45, 7) is 2.59. The molecule has 7 nitrogen and oxygen atoms in total. The Hall–Kier alpha value is -3.52. The van der Waals surface area contributed by atoms with Crippen LogP contribution < -0.4 is 5.56 Å². The second kappa shape index (κ2) is 11.9. The van der Waals surface area contributed by atoms with Gasteiger partial charge in [0.1, 0.15) is 17.4 Å². The minimum atomic E-state index is -4.69. The molecule has 1 aromatic heterocycles. The number of benzene rings is 2. The average molecular weight is 593 g/mol. The first kappa shape index (κ1) is 29.5. The third kappa shape index (κ3) is 6.44. The van der Waals surface area contributed by atoms with Crippen LogP contribution in [0, 0.1) is 11.3 Å². The standard InChI is InChI=1S/C28H25Cl2F3N4O3/c1-36(25(38)6-9-37-7-2-3-8-37)15-16-10-18(29)12-21(26(16)39)24-13-19(22(14-34)27(40)35-24)20-11-17(28(31,32)33)4-5-23(20)30/h4-5,10-13,39H,2-3,6-9,15H2,1H3,(H,35,40). The zero-order valence-electron chi connectivity index (χ0n) is 21.4. The number of nitriles is 1. The molecule has 0 aliphatic carbocycles. The Morgan fingerprint density at radius 3 is 2.48 bits per heavy atom. The molecule has 40 heavy (non-hydrogen) atoms. The minimum Gasteiger partial charge on any atom is -0.507 e. The topological polar surface area (TPSA) is 100 Å². The van der Waals surface area contributed by atoms with Crippen molar-refractivity contribution in [1.29, 1.82) is 5.26 Å². The van der Waals surface area contributed by atoms with E-state index in [1.165, 1.54) is 23.1 Å². The fourth-order valence-electron chi connectivity index (χ4n) is 4.71. The molecule has 2 N–H and O–H groups in total. The molecular formula is C28H25Cl2F3N4O3. The van der Waals surface area contributed by atoms with Crippen LogP contribution in [-0.2, 0) is 17.5 Å². The first-order valence-corrected chi connectivity index (χ1v) is 13.2. The Bertz CT molecular complexity index is 1540. The van der Waals surface area contributed by atoms with Gasteiger partial charge in [0.2, 0.25) is 5.91 Å². The first-order chi connectivity index (χ1) is 18.9. The minimum absolute atomic E-state index is 0.00302. The van der Waals surface area contributed by atoms with Crippen molar-refractivity contribution in [2.24, 2.45) is 0 Å². The van der Waals surface area contributed by atoms with Gasteiger partial charge >= 0.3 is 6.18 Å². The summed E-state index contributed by atoms with van der Waals surface area (Å²) >= 11 is 12.5. The van der Waals surface area contributed by atoms with E-state index < -0.39 is 22.9 Å². The number of pyridine rings is 1. The lowest BCUT2D eigenvalue weighted by atomic mass is 9.96. The second-order valence-electron chi connectivity index (χ2n) is 9.61. The molecule has 0 unspecified atom stereocenters. The number of hydrogen-bond donors (Lipinski definition) is 2. The maximum absolute atomic E-state index is 13.4. The average Bonchev–Trinajstić information content (AvgIpc) is 3.42. The Balaban J connectivity index is 1.72. The third-order valence-electron chi connectivity index (χ3n) is 6.85. The van der Waals surface area contributed by atoms with Crippen molar-refractivity contribution in [3.05, 3.63) is 73.5 Å². The number of hydrogen-bond acceptors (Lipinski definition) is 5. The van der Waals surface area contributed by atoms with E-state index in [1.54, 1.807) is 13.1 Å². The van der Waals surface area contributed by atoms with Gasteiger partial charge in [-0.15, -0.1) is 0 Å². The lowest BCUT2D eigenvalue weighted by Gasteiger charge is -2.21. The van der Waals surface area contributed by atoms with Gasteiger partial charge in [0.15, 0.2) is 0 Å². The van der Waals surface area contributed by atoms with Crippen molar-refractivity contribution >= 4 is 29.1 Å². The number of rotatable bonds is 7. The number of carbonyl (C=O) groups excluding carboxylic acids is 1. The number of phenolic OH excluding ortho intramolecular Hbond substituents is 1. The Morgan fingerprint density at radius 1 is 1.12 bits per heavy atom. The Morgan fingerprint density at radius 2 is 1.82 bits per heavy atom. The van der Waals surface area contributed by atoms with E-state index in [0.29, 0.717) is 18.5 Å². The molecule has 3 aromatic rings. The van der Waals surface area contributed by atoms with Gasteiger partial charge in [0.25, 0.3) is 5.56 Å². The molecule has 2 aromatic carbocycles. The SMILES string of the molecule is CN(Cc1cc(Cl)cc(-c2cc(-c3cc(C(F)(F)F)ccc3Cl)c(C#N)c(=O)[nH]2)c1O)C(=O)CCN1CCCC1. The number of aromatic hydroxyl groups is 1.